The molecule has 0 saturated carbocycles. The molecule has 1 aromatic rings. The molecular weight excluding hydrogens is 220 g/mol. The van der Waals surface area contributed by atoms with Crippen LogP contribution >= 0.6 is 0 Å². The summed E-state index contributed by atoms with van der Waals surface area (Å²) in [6.07, 6.45) is 1.51. The van der Waals surface area contributed by atoms with Crippen LogP contribution in [0.15, 0.2) is 24.8 Å². The standard InChI is InChI=1S/C12H16N2O3/c1-4-7-14(8-11(15)16)12(17)10-6-5-9(2)13(10)3/h4-6H,1,7-8H2,2-3H3,(H,15,16). The zero-order valence-electron chi connectivity index (χ0n) is 10.0. The molecule has 1 aromatic heterocycles. The highest BCUT2D eigenvalue weighted by Gasteiger charge is 2.19. The summed E-state index contributed by atoms with van der Waals surface area (Å²) in [7, 11) is 1.77. The number of hydrogen-bond donors (Lipinski definition) is 1. The van der Waals surface area contributed by atoms with Crippen LogP contribution in [0, 0.1) is 6.92 Å². The second-order valence-corrected chi connectivity index (χ2v) is 3.79. The second kappa shape index (κ2) is 5.34. The van der Waals surface area contributed by atoms with Crippen LogP contribution in [-0.4, -0.2) is 39.5 Å². The molecule has 92 valence electrons. The number of rotatable bonds is 5. The number of hydrogen-bond acceptors (Lipinski definition) is 2. The predicted octanol–water partition coefficient (Wildman–Crippen LogP) is 1.05. The van der Waals surface area contributed by atoms with E-state index in [0.717, 1.165) is 5.69 Å². The Kier molecular flexibility index (Phi) is 4.09. The van der Waals surface area contributed by atoms with Gasteiger partial charge in [-0.15, -0.1) is 6.58 Å². The number of nitrogens with zero attached hydrogens (tertiary/aromatic N) is 2. The fraction of sp³-hybridized carbons (Fsp3) is 0.333. The molecule has 0 aromatic carbocycles. The van der Waals surface area contributed by atoms with Gasteiger partial charge in [-0.3, -0.25) is 9.59 Å². The van der Waals surface area contributed by atoms with E-state index in [4.69, 9.17) is 5.11 Å². The van der Waals surface area contributed by atoms with E-state index in [0.29, 0.717) is 5.69 Å². The number of aliphatic carboxylic acids is 1. The first kappa shape index (κ1) is 13.0. The summed E-state index contributed by atoms with van der Waals surface area (Å²) in [5.41, 5.74) is 1.42. The maximum Gasteiger partial charge on any atom is 0.323 e. The van der Waals surface area contributed by atoms with Crippen LogP contribution in [0.3, 0.4) is 0 Å². The topological polar surface area (TPSA) is 62.5 Å². The lowest BCUT2D eigenvalue weighted by atomic mass is 10.3. The van der Waals surface area contributed by atoms with E-state index in [2.05, 4.69) is 6.58 Å². The Morgan fingerprint density at radius 3 is 2.59 bits per heavy atom. The van der Waals surface area contributed by atoms with Crippen molar-refractivity contribution in [3.05, 3.63) is 36.2 Å². The van der Waals surface area contributed by atoms with Crippen LogP contribution in [0.5, 0.6) is 0 Å². The van der Waals surface area contributed by atoms with E-state index >= 15 is 0 Å². The first-order valence-corrected chi connectivity index (χ1v) is 5.21. The molecule has 0 aliphatic carbocycles. The average molecular weight is 236 g/mol. The van der Waals surface area contributed by atoms with Gasteiger partial charge in [0.25, 0.3) is 5.91 Å². The van der Waals surface area contributed by atoms with Crippen molar-refractivity contribution in [1.29, 1.82) is 0 Å². The van der Waals surface area contributed by atoms with Crippen molar-refractivity contribution in [2.45, 2.75) is 6.92 Å². The molecule has 0 spiro atoms. The van der Waals surface area contributed by atoms with Crippen LogP contribution in [0.4, 0.5) is 0 Å². The summed E-state index contributed by atoms with van der Waals surface area (Å²) in [5.74, 6) is -1.34. The van der Waals surface area contributed by atoms with Crippen molar-refractivity contribution in [2.75, 3.05) is 13.1 Å². The predicted molar refractivity (Wildman–Crippen MR) is 63.9 cm³/mol. The van der Waals surface area contributed by atoms with Gasteiger partial charge >= 0.3 is 5.97 Å². The highest BCUT2D eigenvalue weighted by molar-refractivity contribution is 5.94. The molecule has 0 unspecified atom stereocenters. The maximum absolute atomic E-state index is 12.1. The summed E-state index contributed by atoms with van der Waals surface area (Å²) in [5, 5.41) is 8.75. The van der Waals surface area contributed by atoms with Crippen LogP contribution in [-0.2, 0) is 11.8 Å². The Bertz CT molecular complexity index is 449. The highest BCUT2D eigenvalue weighted by atomic mass is 16.4. The van der Waals surface area contributed by atoms with Crippen molar-refractivity contribution in [3.63, 3.8) is 0 Å². The molecule has 17 heavy (non-hydrogen) atoms. The smallest absolute Gasteiger partial charge is 0.323 e. The Morgan fingerprint density at radius 2 is 2.18 bits per heavy atom. The molecule has 0 aliphatic rings. The Morgan fingerprint density at radius 1 is 1.53 bits per heavy atom. The molecule has 0 atom stereocenters. The molecule has 0 bridgehead atoms. The van der Waals surface area contributed by atoms with Crippen LogP contribution < -0.4 is 0 Å². The van der Waals surface area contributed by atoms with Crippen molar-refractivity contribution >= 4 is 11.9 Å². The van der Waals surface area contributed by atoms with Gasteiger partial charge in [0.2, 0.25) is 0 Å². The summed E-state index contributed by atoms with van der Waals surface area (Å²) >= 11 is 0. The summed E-state index contributed by atoms with van der Waals surface area (Å²) in [6, 6.07) is 3.51. The normalized spacial score (nSPS) is 10.0. The largest absolute Gasteiger partial charge is 0.480 e. The number of carbonyl (C=O) groups excluding carboxylic acids is 1. The SMILES string of the molecule is C=CCN(CC(=O)O)C(=O)c1ccc(C)n1C. The van der Waals surface area contributed by atoms with Gasteiger partial charge in [-0.1, -0.05) is 6.08 Å². The van der Waals surface area contributed by atoms with Crippen molar-refractivity contribution < 1.29 is 14.7 Å². The Hall–Kier alpha value is -2.04. The molecule has 0 aliphatic heterocycles. The van der Waals surface area contributed by atoms with E-state index in [1.165, 1.54) is 11.0 Å². The van der Waals surface area contributed by atoms with Gasteiger partial charge in [0.15, 0.2) is 0 Å². The molecule has 5 nitrogen and oxygen atoms in total. The van der Waals surface area contributed by atoms with Crippen molar-refractivity contribution in [3.8, 4) is 0 Å². The third kappa shape index (κ3) is 2.96. The van der Waals surface area contributed by atoms with Crippen molar-refractivity contribution in [1.82, 2.24) is 9.47 Å². The molecule has 0 fully saturated rings. The number of carbonyl (C=O) groups is 2. The zero-order valence-corrected chi connectivity index (χ0v) is 10.0. The minimum atomic E-state index is -1.04. The molecule has 0 saturated heterocycles. The fourth-order valence-electron chi connectivity index (χ4n) is 1.53. The van der Waals surface area contributed by atoms with Crippen LogP contribution in [0.1, 0.15) is 16.2 Å². The number of carboxylic acid groups (broad SMARTS) is 1. The minimum absolute atomic E-state index is 0.218. The molecule has 1 rings (SSSR count). The van der Waals surface area contributed by atoms with Gasteiger partial charge in [0.1, 0.15) is 12.2 Å². The molecular formula is C12H16N2O3. The van der Waals surface area contributed by atoms with Gasteiger partial charge in [0.05, 0.1) is 0 Å². The Balaban J connectivity index is 2.95. The van der Waals surface area contributed by atoms with Gasteiger partial charge in [-0.25, -0.2) is 0 Å². The zero-order chi connectivity index (χ0) is 13.0. The van der Waals surface area contributed by atoms with Crippen LogP contribution in [0.25, 0.3) is 0 Å². The van der Waals surface area contributed by atoms with Crippen molar-refractivity contribution in [2.24, 2.45) is 7.05 Å². The lowest BCUT2D eigenvalue weighted by molar-refractivity contribution is -0.137. The third-order valence-electron chi connectivity index (χ3n) is 2.55. The van der Waals surface area contributed by atoms with Gasteiger partial charge in [-0.2, -0.15) is 0 Å². The fourth-order valence-corrected chi connectivity index (χ4v) is 1.53. The molecule has 1 amide bonds. The lowest BCUT2D eigenvalue weighted by Crippen LogP contribution is -2.36. The van der Waals surface area contributed by atoms with Crippen LogP contribution in [0.2, 0.25) is 0 Å². The van der Waals surface area contributed by atoms with Gasteiger partial charge in [0, 0.05) is 19.3 Å². The van der Waals surface area contributed by atoms with E-state index in [1.54, 1.807) is 17.7 Å². The molecule has 0 radical (unpaired) electrons. The van der Waals surface area contributed by atoms with E-state index in [9.17, 15) is 9.59 Å². The van der Waals surface area contributed by atoms with E-state index in [1.807, 2.05) is 13.0 Å². The first-order valence-electron chi connectivity index (χ1n) is 5.21. The maximum atomic E-state index is 12.1. The summed E-state index contributed by atoms with van der Waals surface area (Å²) < 4.78 is 1.74. The first-order chi connectivity index (χ1) is 7.97. The molecule has 1 N–H and O–H groups in total. The second-order valence-electron chi connectivity index (χ2n) is 3.79. The number of aromatic nitrogens is 1. The van der Waals surface area contributed by atoms with Gasteiger partial charge < -0.3 is 14.6 Å². The third-order valence-corrected chi connectivity index (χ3v) is 2.55. The van der Waals surface area contributed by atoms with E-state index in [-0.39, 0.29) is 19.0 Å². The summed E-state index contributed by atoms with van der Waals surface area (Å²) in [4.78, 5) is 24.0. The number of aryl methyl sites for hydroxylation is 1. The lowest BCUT2D eigenvalue weighted by Gasteiger charge is -2.19. The number of carboxylic acids is 1. The van der Waals surface area contributed by atoms with Gasteiger partial charge in [-0.05, 0) is 19.1 Å². The van der Waals surface area contributed by atoms with E-state index < -0.39 is 5.97 Å². The average Bonchev–Trinajstić information content (AvgIpc) is 2.58. The number of amides is 1. The monoisotopic (exact) mass is 236 g/mol. The summed E-state index contributed by atoms with van der Waals surface area (Å²) in [6.45, 7) is 5.29. The highest BCUT2D eigenvalue weighted by Crippen LogP contribution is 2.09. The minimum Gasteiger partial charge on any atom is -0.480 e. The quantitative estimate of drug-likeness (QED) is 0.777. The molecule has 5 heteroatoms. The molecule has 1 heterocycles. The Labute approximate surface area is 100.0 Å².